The Labute approximate surface area is 237 Å². The van der Waals surface area contributed by atoms with Crippen LogP contribution in [0.4, 0.5) is 13.6 Å². The summed E-state index contributed by atoms with van der Waals surface area (Å²) in [7, 11) is 0. The first-order valence-electron chi connectivity index (χ1n) is 13.5. The summed E-state index contributed by atoms with van der Waals surface area (Å²) in [6.45, 7) is 1.53. The van der Waals surface area contributed by atoms with Gasteiger partial charge in [0.15, 0.2) is 17.5 Å². The van der Waals surface area contributed by atoms with Crippen LogP contribution in [0.3, 0.4) is 0 Å². The Kier molecular flexibility index (Phi) is 7.54. The maximum Gasteiger partial charge on any atom is 0.411 e. The molecule has 2 aliphatic heterocycles. The van der Waals surface area contributed by atoms with Gasteiger partial charge >= 0.3 is 6.09 Å². The van der Waals surface area contributed by atoms with Gasteiger partial charge in [-0.25, -0.2) is 18.6 Å². The number of alkyl carbamates (subject to hydrolysis) is 1. The first kappa shape index (κ1) is 26.4. The molecule has 0 spiro atoms. The number of hydrogen-bond acceptors (Lipinski definition) is 5. The molecule has 0 saturated carbocycles. The highest BCUT2D eigenvalue weighted by Gasteiger charge is 2.28. The first-order valence-corrected chi connectivity index (χ1v) is 13.5. The van der Waals surface area contributed by atoms with Gasteiger partial charge in [-0.3, -0.25) is 10.3 Å². The van der Waals surface area contributed by atoms with E-state index in [0.29, 0.717) is 13.1 Å². The van der Waals surface area contributed by atoms with Gasteiger partial charge in [-0.15, -0.1) is 0 Å². The van der Waals surface area contributed by atoms with E-state index >= 15 is 0 Å². The van der Waals surface area contributed by atoms with Crippen LogP contribution in [-0.4, -0.2) is 35.1 Å². The fourth-order valence-corrected chi connectivity index (χ4v) is 5.05. The topological polar surface area (TPSA) is 66.3 Å². The third-order valence-electron chi connectivity index (χ3n) is 7.26. The average molecular weight is 551 g/mol. The highest BCUT2D eigenvalue weighted by Crippen LogP contribution is 2.27. The molecule has 3 aromatic rings. The molecule has 3 aliphatic rings. The average Bonchev–Trinajstić information content (AvgIpc) is 3.42. The summed E-state index contributed by atoms with van der Waals surface area (Å²) in [4.78, 5) is 23.3. The molecule has 1 amide bonds. The molecule has 0 fully saturated rings. The maximum atomic E-state index is 14.2. The van der Waals surface area contributed by atoms with Crippen LogP contribution in [0.25, 0.3) is 0 Å². The lowest BCUT2D eigenvalue weighted by Gasteiger charge is -2.27. The van der Waals surface area contributed by atoms with Crippen molar-refractivity contribution < 1.29 is 18.3 Å². The zero-order valence-electron chi connectivity index (χ0n) is 22.2. The molecule has 0 aromatic heterocycles. The van der Waals surface area contributed by atoms with E-state index in [1.165, 1.54) is 17.7 Å². The summed E-state index contributed by atoms with van der Waals surface area (Å²) in [5.41, 5.74) is 4.85. The molecule has 6 nitrogen and oxygen atoms in total. The lowest BCUT2D eigenvalue weighted by Crippen LogP contribution is -2.34. The summed E-state index contributed by atoms with van der Waals surface area (Å²) in [5, 5.41) is 2.80. The number of amidine groups is 1. The number of halogens is 2. The first-order chi connectivity index (χ1) is 20.0. The number of nitrogens with one attached hydrogen (secondary N) is 1. The van der Waals surface area contributed by atoms with E-state index < -0.39 is 17.7 Å². The number of amides is 1. The van der Waals surface area contributed by atoms with Crippen LogP contribution < -0.4 is 5.32 Å². The molecule has 8 heteroatoms. The SMILES string of the molecule is O=C(NC1=CCC(c2ccc(CN3C=CC4=NC(c5cccc(F)c5F)=NC4C3)cc2)C=C1)OCc1ccccc1. The van der Waals surface area contributed by atoms with Crippen molar-refractivity contribution in [2.24, 2.45) is 9.98 Å². The van der Waals surface area contributed by atoms with Gasteiger partial charge in [0, 0.05) is 30.9 Å². The van der Waals surface area contributed by atoms with Crippen molar-refractivity contribution in [2.75, 3.05) is 6.54 Å². The van der Waals surface area contributed by atoms with Crippen LogP contribution in [-0.2, 0) is 17.9 Å². The molecule has 2 heterocycles. The molecule has 2 unspecified atom stereocenters. The lowest BCUT2D eigenvalue weighted by molar-refractivity contribution is 0.143. The summed E-state index contributed by atoms with van der Waals surface area (Å²) < 4.78 is 33.2. The molecule has 0 saturated heterocycles. The molecule has 0 radical (unpaired) electrons. The Hall–Kier alpha value is -4.85. The van der Waals surface area contributed by atoms with Crippen molar-refractivity contribution in [3.63, 3.8) is 0 Å². The number of allylic oxidation sites excluding steroid dienone is 3. The van der Waals surface area contributed by atoms with E-state index in [4.69, 9.17) is 4.74 Å². The number of fused-ring (bicyclic) bond motifs is 1. The normalized spacial score (nSPS) is 19.3. The summed E-state index contributed by atoms with van der Waals surface area (Å²) in [5.74, 6) is -1.38. The van der Waals surface area contributed by atoms with Crippen LogP contribution in [0.1, 0.15) is 34.6 Å². The number of benzene rings is 3. The predicted octanol–water partition coefficient (Wildman–Crippen LogP) is 6.42. The molecule has 3 aromatic carbocycles. The van der Waals surface area contributed by atoms with Gasteiger partial charge in [-0.05, 0) is 47.4 Å². The van der Waals surface area contributed by atoms with E-state index in [9.17, 15) is 13.6 Å². The van der Waals surface area contributed by atoms with Gasteiger partial charge in [-0.1, -0.05) is 72.8 Å². The second kappa shape index (κ2) is 11.7. The number of aliphatic imine (C=N–C) groups is 2. The lowest BCUT2D eigenvalue weighted by atomic mass is 9.91. The second-order valence-corrected chi connectivity index (χ2v) is 10.1. The molecule has 2 atom stereocenters. The molecular weight excluding hydrogens is 522 g/mol. The third kappa shape index (κ3) is 6.17. The van der Waals surface area contributed by atoms with Crippen molar-refractivity contribution in [2.45, 2.75) is 31.5 Å². The predicted molar refractivity (Wildman–Crippen MR) is 154 cm³/mol. The van der Waals surface area contributed by atoms with Crippen LogP contribution in [0.5, 0.6) is 0 Å². The van der Waals surface area contributed by atoms with Gasteiger partial charge in [0.05, 0.1) is 11.3 Å². The Morgan fingerprint density at radius 2 is 1.80 bits per heavy atom. The molecule has 206 valence electrons. The molecule has 0 bridgehead atoms. The quantitative estimate of drug-likeness (QED) is 0.369. The fraction of sp³-hybridized carbons (Fsp3) is 0.182. The molecular formula is C33H28F2N4O2. The number of carbonyl (C=O) groups excluding carboxylic acids is 1. The van der Waals surface area contributed by atoms with Crippen LogP contribution in [0.15, 0.2) is 119 Å². The monoisotopic (exact) mass is 550 g/mol. The van der Waals surface area contributed by atoms with E-state index in [2.05, 4.69) is 50.5 Å². The van der Waals surface area contributed by atoms with Crippen molar-refractivity contribution >= 4 is 17.6 Å². The zero-order chi connectivity index (χ0) is 28.2. The highest BCUT2D eigenvalue weighted by atomic mass is 19.2. The standard InChI is InChI=1S/C33H28F2N4O2/c34-28-8-4-7-27(31(28)35)32-37-29-17-18-39(20-30(29)38-32)19-22-9-11-24(12-10-22)25-13-15-26(16-14-25)36-33(40)41-21-23-5-2-1-3-6-23/h1-13,15-18,25,30H,14,19-21H2,(H,36,40). The van der Waals surface area contributed by atoms with Gasteiger partial charge in [-0.2, -0.15) is 0 Å². The van der Waals surface area contributed by atoms with Gasteiger partial charge < -0.3 is 9.64 Å². The smallest absolute Gasteiger partial charge is 0.411 e. The summed E-state index contributed by atoms with van der Waals surface area (Å²) >= 11 is 0. The number of nitrogens with zero attached hydrogens (tertiary/aromatic N) is 3. The van der Waals surface area contributed by atoms with Gasteiger partial charge in [0.25, 0.3) is 0 Å². The van der Waals surface area contributed by atoms with Crippen molar-refractivity contribution in [1.29, 1.82) is 0 Å². The molecule has 1 N–H and O–H groups in total. The van der Waals surface area contributed by atoms with Crippen LogP contribution in [0.2, 0.25) is 0 Å². The van der Waals surface area contributed by atoms with Crippen molar-refractivity contribution in [3.8, 4) is 0 Å². The van der Waals surface area contributed by atoms with Gasteiger partial charge in [0.1, 0.15) is 12.6 Å². The van der Waals surface area contributed by atoms with Crippen LogP contribution >= 0.6 is 0 Å². The number of carbonyl (C=O) groups is 1. The maximum absolute atomic E-state index is 14.2. The minimum atomic E-state index is -0.924. The Morgan fingerprint density at radius 1 is 0.976 bits per heavy atom. The second-order valence-electron chi connectivity index (χ2n) is 10.1. The molecule has 1 aliphatic carbocycles. The molecule has 41 heavy (non-hydrogen) atoms. The van der Waals surface area contributed by atoms with Crippen molar-refractivity contribution in [1.82, 2.24) is 10.2 Å². The van der Waals surface area contributed by atoms with Crippen molar-refractivity contribution in [3.05, 3.63) is 143 Å². The Bertz CT molecular complexity index is 1590. The fourth-order valence-electron chi connectivity index (χ4n) is 5.05. The van der Waals surface area contributed by atoms with E-state index in [0.717, 1.165) is 35.0 Å². The third-order valence-corrected chi connectivity index (χ3v) is 7.26. The van der Waals surface area contributed by atoms with Crippen LogP contribution in [0, 0.1) is 11.6 Å². The Morgan fingerprint density at radius 3 is 2.59 bits per heavy atom. The van der Waals surface area contributed by atoms with E-state index in [-0.39, 0.29) is 30.0 Å². The highest BCUT2D eigenvalue weighted by molar-refractivity contribution is 6.17. The minimum absolute atomic E-state index is 0.0833. The van der Waals surface area contributed by atoms with E-state index in [1.54, 1.807) is 0 Å². The number of hydrogen-bond donors (Lipinski definition) is 1. The summed E-state index contributed by atoms with van der Waals surface area (Å²) in [6.07, 6.45) is 10.2. The summed E-state index contributed by atoms with van der Waals surface area (Å²) in [6, 6.07) is 21.9. The largest absolute Gasteiger partial charge is 0.444 e. The van der Waals surface area contributed by atoms with E-state index in [1.807, 2.05) is 54.8 Å². The number of ether oxygens (including phenoxy) is 1. The van der Waals surface area contributed by atoms with Gasteiger partial charge in [0.2, 0.25) is 0 Å². The zero-order valence-corrected chi connectivity index (χ0v) is 22.2. The molecule has 6 rings (SSSR count). The number of rotatable bonds is 7. The minimum Gasteiger partial charge on any atom is -0.444 e. The Balaban J connectivity index is 1.00.